The summed E-state index contributed by atoms with van der Waals surface area (Å²) in [5, 5.41) is 11.8. The van der Waals surface area contributed by atoms with Crippen LogP contribution in [0.4, 0.5) is 25.8 Å². The van der Waals surface area contributed by atoms with Crippen molar-refractivity contribution in [2.24, 2.45) is 0 Å². The van der Waals surface area contributed by atoms with E-state index in [4.69, 9.17) is 11.0 Å². The average molecular weight is 305 g/mol. The first-order chi connectivity index (χ1) is 10.1. The molecule has 2 rings (SSSR count). The third-order valence-corrected chi connectivity index (χ3v) is 3.58. The number of halogens is 2. The van der Waals surface area contributed by atoms with E-state index in [0.29, 0.717) is 39.3 Å². The van der Waals surface area contributed by atoms with Crippen LogP contribution in [0.5, 0.6) is 0 Å². The topological polar surface area (TPSA) is 61.8 Å². The fourth-order valence-corrected chi connectivity index (χ4v) is 2.44. The van der Waals surface area contributed by atoms with E-state index in [2.05, 4.69) is 5.32 Å². The zero-order chi connectivity index (χ0) is 15.2. The normalized spacial score (nSPS) is 10.4. The van der Waals surface area contributed by atoms with Gasteiger partial charge in [-0.05, 0) is 35.9 Å². The third kappa shape index (κ3) is 4.10. The van der Waals surface area contributed by atoms with Crippen LogP contribution in [0, 0.1) is 11.3 Å². The maximum absolute atomic E-state index is 12.5. The molecule has 0 spiro atoms. The number of nitrogens with two attached hydrogens (primary N) is 1. The number of nitrogen functional groups attached to an aromatic ring is 1. The lowest BCUT2D eigenvalue weighted by Gasteiger charge is -2.12. The lowest BCUT2D eigenvalue weighted by atomic mass is 10.1. The highest BCUT2D eigenvalue weighted by Crippen LogP contribution is 2.33. The summed E-state index contributed by atoms with van der Waals surface area (Å²) in [4.78, 5) is 0.464. The van der Waals surface area contributed by atoms with Crippen LogP contribution in [-0.2, 0) is 6.42 Å². The van der Waals surface area contributed by atoms with Crippen LogP contribution in [0.25, 0.3) is 0 Å². The smallest absolute Gasteiger partial charge is 0.288 e. The molecule has 0 unspecified atom stereocenters. The number of alkyl halides is 2. The van der Waals surface area contributed by atoms with Gasteiger partial charge in [0.05, 0.1) is 18.2 Å². The second-order valence-electron chi connectivity index (χ2n) is 4.25. The van der Waals surface area contributed by atoms with Crippen LogP contribution >= 0.6 is 11.8 Å². The second kappa shape index (κ2) is 6.95. The molecular weight excluding hydrogens is 292 g/mol. The molecule has 2 aromatic carbocycles. The number of benzene rings is 2. The lowest BCUT2D eigenvalue weighted by molar-refractivity contribution is 0.252. The minimum Gasteiger partial charge on any atom is -0.398 e. The Morgan fingerprint density at radius 1 is 1.24 bits per heavy atom. The molecule has 2 aromatic rings. The molecule has 3 N–H and O–H groups in total. The first-order valence-corrected chi connectivity index (χ1v) is 7.04. The number of para-hydroxylation sites is 1. The number of anilines is 3. The van der Waals surface area contributed by atoms with Crippen molar-refractivity contribution in [1.29, 1.82) is 5.26 Å². The van der Waals surface area contributed by atoms with Gasteiger partial charge in [0, 0.05) is 16.3 Å². The van der Waals surface area contributed by atoms with E-state index in [-0.39, 0.29) is 6.42 Å². The Balaban J connectivity index is 2.26. The number of nitrogens with zero attached hydrogens (tertiary/aromatic N) is 1. The Kier molecular flexibility index (Phi) is 5.01. The quantitative estimate of drug-likeness (QED) is 0.635. The lowest BCUT2D eigenvalue weighted by Crippen LogP contribution is -1.98. The van der Waals surface area contributed by atoms with Crippen LogP contribution in [-0.4, -0.2) is 5.76 Å². The summed E-state index contributed by atoms with van der Waals surface area (Å²) in [6.07, 6.45) is 0.203. The number of thioether (sulfide) groups is 1. The molecule has 0 saturated carbocycles. The zero-order valence-corrected chi connectivity index (χ0v) is 11.8. The van der Waals surface area contributed by atoms with Gasteiger partial charge in [-0.1, -0.05) is 23.9 Å². The molecule has 0 fully saturated rings. The van der Waals surface area contributed by atoms with Crippen molar-refractivity contribution in [3.63, 3.8) is 0 Å². The summed E-state index contributed by atoms with van der Waals surface area (Å²) in [5.41, 5.74) is 8.33. The van der Waals surface area contributed by atoms with E-state index < -0.39 is 5.76 Å². The van der Waals surface area contributed by atoms with Gasteiger partial charge < -0.3 is 11.1 Å². The number of rotatable bonds is 5. The van der Waals surface area contributed by atoms with Gasteiger partial charge in [-0.15, -0.1) is 0 Å². The first kappa shape index (κ1) is 15.1. The van der Waals surface area contributed by atoms with Crippen molar-refractivity contribution in [3.05, 3.63) is 48.0 Å². The molecule has 0 aliphatic heterocycles. The predicted molar refractivity (Wildman–Crippen MR) is 81.8 cm³/mol. The van der Waals surface area contributed by atoms with Gasteiger partial charge in [-0.2, -0.15) is 14.0 Å². The van der Waals surface area contributed by atoms with Gasteiger partial charge in [-0.3, -0.25) is 0 Å². The SMILES string of the molecule is N#CCc1cc(Nc2ccccc2SC(F)F)ccc1N. The molecule has 0 radical (unpaired) electrons. The van der Waals surface area contributed by atoms with Crippen molar-refractivity contribution < 1.29 is 8.78 Å². The number of nitriles is 1. The first-order valence-electron chi connectivity index (χ1n) is 6.16. The monoisotopic (exact) mass is 305 g/mol. The molecule has 3 nitrogen and oxygen atoms in total. The molecule has 0 saturated heterocycles. The van der Waals surface area contributed by atoms with Crippen molar-refractivity contribution in [2.75, 3.05) is 11.1 Å². The molecule has 0 amide bonds. The second-order valence-corrected chi connectivity index (χ2v) is 5.28. The van der Waals surface area contributed by atoms with Gasteiger partial charge in [0.15, 0.2) is 0 Å². The van der Waals surface area contributed by atoms with Crippen LogP contribution in [0.1, 0.15) is 5.56 Å². The Hall–Kier alpha value is -2.26. The van der Waals surface area contributed by atoms with E-state index in [1.165, 1.54) is 0 Å². The number of nitrogens with one attached hydrogen (secondary N) is 1. The molecule has 108 valence electrons. The Morgan fingerprint density at radius 3 is 2.71 bits per heavy atom. The third-order valence-electron chi connectivity index (χ3n) is 2.79. The summed E-state index contributed by atoms with van der Waals surface area (Å²) in [5.74, 6) is -2.48. The van der Waals surface area contributed by atoms with Crippen LogP contribution in [0.3, 0.4) is 0 Å². The van der Waals surface area contributed by atoms with Gasteiger partial charge in [0.2, 0.25) is 0 Å². The average Bonchev–Trinajstić information content (AvgIpc) is 2.44. The predicted octanol–water partition coefficient (Wildman–Crippen LogP) is 4.39. The van der Waals surface area contributed by atoms with E-state index >= 15 is 0 Å². The molecule has 6 heteroatoms. The Bertz CT molecular complexity index is 668. The van der Waals surface area contributed by atoms with Crippen molar-refractivity contribution in [2.45, 2.75) is 17.1 Å². The minimum absolute atomic E-state index is 0.203. The summed E-state index contributed by atoms with van der Waals surface area (Å²) in [7, 11) is 0. The molecule has 0 aliphatic carbocycles. The van der Waals surface area contributed by atoms with E-state index in [9.17, 15) is 8.78 Å². The highest BCUT2D eigenvalue weighted by Gasteiger charge is 2.10. The highest BCUT2D eigenvalue weighted by molar-refractivity contribution is 7.99. The van der Waals surface area contributed by atoms with Crippen molar-refractivity contribution in [1.82, 2.24) is 0 Å². The van der Waals surface area contributed by atoms with Gasteiger partial charge in [-0.25, -0.2) is 0 Å². The Morgan fingerprint density at radius 2 is 2.00 bits per heavy atom. The summed E-state index contributed by atoms with van der Waals surface area (Å²) in [6.45, 7) is 0. The minimum atomic E-state index is -2.48. The maximum atomic E-state index is 12.5. The molecule has 21 heavy (non-hydrogen) atoms. The summed E-state index contributed by atoms with van der Waals surface area (Å²) >= 11 is 0.489. The largest absolute Gasteiger partial charge is 0.398 e. The highest BCUT2D eigenvalue weighted by atomic mass is 32.2. The van der Waals surface area contributed by atoms with Crippen LogP contribution < -0.4 is 11.1 Å². The van der Waals surface area contributed by atoms with Crippen molar-refractivity contribution >= 4 is 28.8 Å². The standard InChI is InChI=1S/C15H13F2N3S/c16-15(17)21-14-4-2-1-3-13(14)20-11-5-6-12(19)10(9-11)7-8-18/h1-6,9,15,20H,7,19H2. The van der Waals surface area contributed by atoms with Gasteiger partial charge in [0.25, 0.3) is 5.76 Å². The summed E-state index contributed by atoms with van der Waals surface area (Å²) in [6, 6.07) is 14.1. The molecule has 0 aromatic heterocycles. The molecule has 0 aliphatic rings. The van der Waals surface area contributed by atoms with E-state index in [1.54, 1.807) is 42.5 Å². The van der Waals surface area contributed by atoms with Gasteiger partial charge in [0.1, 0.15) is 0 Å². The van der Waals surface area contributed by atoms with Crippen molar-refractivity contribution in [3.8, 4) is 6.07 Å². The fourth-order valence-electron chi connectivity index (χ4n) is 1.85. The van der Waals surface area contributed by atoms with Crippen LogP contribution in [0.15, 0.2) is 47.4 Å². The molecule has 0 atom stereocenters. The van der Waals surface area contributed by atoms with E-state index in [1.807, 2.05) is 6.07 Å². The van der Waals surface area contributed by atoms with Crippen LogP contribution in [0.2, 0.25) is 0 Å². The fraction of sp³-hybridized carbons (Fsp3) is 0.133. The molecule has 0 heterocycles. The van der Waals surface area contributed by atoms with Gasteiger partial charge >= 0.3 is 0 Å². The maximum Gasteiger partial charge on any atom is 0.288 e. The number of hydrogen-bond donors (Lipinski definition) is 2. The van der Waals surface area contributed by atoms with E-state index in [0.717, 1.165) is 0 Å². The molecule has 0 bridgehead atoms. The summed E-state index contributed by atoms with van der Waals surface area (Å²) < 4.78 is 25.1. The number of hydrogen-bond acceptors (Lipinski definition) is 4. The molecular formula is C15H13F2N3S. The zero-order valence-electron chi connectivity index (χ0n) is 11.0. The Labute approximate surface area is 125 Å².